The molecule has 2 heterocycles. The van der Waals surface area contributed by atoms with Crippen LogP contribution in [0.5, 0.6) is 0 Å². The van der Waals surface area contributed by atoms with Crippen molar-refractivity contribution in [2.75, 3.05) is 4.90 Å². The van der Waals surface area contributed by atoms with Gasteiger partial charge in [-0.1, -0.05) is 170 Å². The van der Waals surface area contributed by atoms with Gasteiger partial charge >= 0.3 is 0 Å². The van der Waals surface area contributed by atoms with Crippen molar-refractivity contribution in [2.24, 2.45) is 0 Å². The van der Waals surface area contributed by atoms with E-state index in [0.717, 1.165) is 105 Å². The summed E-state index contributed by atoms with van der Waals surface area (Å²) in [6.07, 6.45) is 0. The van der Waals surface area contributed by atoms with Crippen molar-refractivity contribution in [3.05, 3.63) is 261 Å². The second kappa shape index (κ2) is 16.7. The highest BCUT2D eigenvalue weighted by Gasteiger charge is 2.18. The van der Waals surface area contributed by atoms with E-state index in [4.69, 9.17) is 8.83 Å². The Morgan fingerprint density at radius 1 is 0.211 bits per heavy atom. The molecule has 0 saturated heterocycles. The summed E-state index contributed by atoms with van der Waals surface area (Å²) in [5.41, 5.74) is 18.3. The normalized spacial score (nSPS) is 11.7. The Kier molecular flexibility index (Phi) is 9.53. The van der Waals surface area contributed by atoms with E-state index in [9.17, 15) is 0 Å². The predicted molar refractivity (Wildman–Crippen MR) is 298 cm³/mol. The lowest BCUT2D eigenvalue weighted by molar-refractivity contribution is 0.672. The third kappa shape index (κ3) is 7.14. The predicted octanol–water partition coefficient (Wildman–Crippen LogP) is 19.6. The maximum absolute atomic E-state index is 6.57. The number of fused-ring (bicyclic) bond motifs is 10. The van der Waals surface area contributed by atoms with Crippen molar-refractivity contribution in [3.8, 4) is 55.6 Å². The lowest BCUT2D eigenvalue weighted by Gasteiger charge is -2.26. The maximum Gasteiger partial charge on any atom is 0.143 e. The average Bonchev–Trinajstić information content (AvgIpc) is 4.03. The summed E-state index contributed by atoms with van der Waals surface area (Å²) in [6, 6.07) is 93.8. The molecule has 0 aliphatic heterocycles. The highest BCUT2D eigenvalue weighted by molar-refractivity contribution is 6.17. The molecule has 0 unspecified atom stereocenters. The molecule has 0 N–H and O–H groups in total. The molecule has 0 fully saturated rings. The van der Waals surface area contributed by atoms with Crippen molar-refractivity contribution in [1.82, 2.24) is 0 Å². The monoisotopic (exact) mass is 905 g/mol. The first-order valence-corrected chi connectivity index (χ1v) is 24.2. The standard InChI is InChI=1S/C68H43NO2/c1-3-11-44(12-4-1)46-19-29-56(30-20-46)69(57-31-21-47(22-32-57)45-13-5-2-6-14-45)58-33-23-48(24-34-58)53-39-54(51-27-37-65-63(42-51)61-35-25-49-15-7-9-17-59(49)67(61)70-65)41-55(40-53)52-28-38-66-64(43-52)62-36-26-50-16-8-10-18-60(50)68(62)71-66/h1-43H. The molecular weight excluding hydrogens is 863 g/mol. The minimum absolute atomic E-state index is 0.880. The second-order valence-electron chi connectivity index (χ2n) is 18.5. The highest BCUT2D eigenvalue weighted by Crippen LogP contribution is 2.43. The molecule has 0 amide bonds. The third-order valence-corrected chi connectivity index (χ3v) is 14.2. The van der Waals surface area contributed by atoms with Crippen LogP contribution in [0.2, 0.25) is 0 Å². The maximum atomic E-state index is 6.57. The number of nitrogens with zero attached hydrogens (tertiary/aromatic N) is 1. The van der Waals surface area contributed by atoms with Crippen LogP contribution < -0.4 is 4.90 Å². The van der Waals surface area contributed by atoms with Gasteiger partial charge in [0.05, 0.1) is 0 Å². The third-order valence-electron chi connectivity index (χ3n) is 14.2. The molecule has 12 aromatic carbocycles. The number of rotatable bonds is 8. The molecule has 2 aromatic heterocycles. The van der Waals surface area contributed by atoms with E-state index in [0.29, 0.717) is 0 Å². The molecule has 0 spiro atoms. The van der Waals surface area contributed by atoms with Gasteiger partial charge in [-0.2, -0.15) is 0 Å². The molecule has 14 rings (SSSR count). The van der Waals surface area contributed by atoms with Crippen LogP contribution in [0, 0.1) is 0 Å². The highest BCUT2D eigenvalue weighted by atomic mass is 16.3. The van der Waals surface area contributed by atoms with Crippen molar-refractivity contribution in [2.45, 2.75) is 0 Å². The van der Waals surface area contributed by atoms with E-state index >= 15 is 0 Å². The summed E-state index contributed by atoms with van der Waals surface area (Å²) < 4.78 is 13.1. The van der Waals surface area contributed by atoms with Crippen molar-refractivity contribution in [1.29, 1.82) is 0 Å². The van der Waals surface area contributed by atoms with Gasteiger partial charge in [-0.25, -0.2) is 0 Å². The zero-order chi connectivity index (χ0) is 46.8. The van der Waals surface area contributed by atoms with Gasteiger partial charge in [0.25, 0.3) is 0 Å². The van der Waals surface area contributed by atoms with Gasteiger partial charge in [-0.05, 0) is 157 Å². The molecule has 0 bridgehead atoms. The van der Waals surface area contributed by atoms with Crippen LogP contribution in [0.4, 0.5) is 17.1 Å². The van der Waals surface area contributed by atoms with Crippen LogP contribution in [-0.4, -0.2) is 0 Å². The zero-order valence-corrected chi connectivity index (χ0v) is 38.6. The fourth-order valence-corrected chi connectivity index (χ4v) is 10.6. The van der Waals surface area contributed by atoms with Crippen molar-refractivity contribution < 1.29 is 8.83 Å². The van der Waals surface area contributed by atoms with Gasteiger partial charge in [-0.3, -0.25) is 0 Å². The first-order valence-electron chi connectivity index (χ1n) is 24.2. The van der Waals surface area contributed by atoms with Gasteiger partial charge in [0.15, 0.2) is 0 Å². The summed E-state index contributed by atoms with van der Waals surface area (Å²) in [7, 11) is 0. The zero-order valence-electron chi connectivity index (χ0n) is 38.6. The molecule has 71 heavy (non-hydrogen) atoms. The van der Waals surface area contributed by atoms with Gasteiger partial charge in [0.1, 0.15) is 22.3 Å². The Balaban J connectivity index is 0.898. The fourth-order valence-electron chi connectivity index (χ4n) is 10.6. The lowest BCUT2D eigenvalue weighted by atomic mass is 9.92. The Morgan fingerprint density at radius 3 is 0.972 bits per heavy atom. The SMILES string of the molecule is c1ccc(-c2ccc(N(c3ccc(-c4ccccc4)cc3)c3ccc(-c4cc(-c5ccc6oc7c8ccccc8ccc7c6c5)cc(-c5ccc6oc7c8ccccc8ccc7c6c5)c4)cc3)cc2)cc1. The Hall–Kier alpha value is -9.44. The molecule has 3 nitrogen and oxygen atoms in total. The van der Waals surface area contributed by atoms with Crippen LogP contribution in [0.3, 0.4) is 0 Å². The molecule has 0 aliphatic carbocycles. The summed E-state index contributed by atoms with van der Waals surface area (Å²) in [5, 5.41) is 9.03. The van der Waals surface area contributed by atoms with E-state index in [-0.39, 0.29) is 0 Å². The average molecular weight is 906 g/mol. The van der Waals surface area contributed by atoms with Gasteiger partial charge < -0.3 is 13.7 Å². The molecule has 0 saturated carbocycles. The van der Waals surface area contributed by atoms with Crippen LogP contribution in [-0.2, 0) is 0 Å². The summed E-state index contributed by atoms with van der Waals surface area (Å²) in [4.78, 5) is 2.34. The van der Waals surface area contributed by atoms with Crippen LogP contribution in [0.25, 0.3) is 121 Å². The Labute approximate surface area is 410 Å². The molecular formula is C68H43NO2. The van der Waals surface area contributed by atoms with Crippen LogP contribution >= 0.6 is 0 Å². The quantitative estimate of drug-likeness (QED) is 0.152. The van der Waals surface area contributed by atoms with Crippen LogP contribution in [0.15, 0.2) is 270 Å². The van der Waals surface area contributed by atoms with E-state index in [1.54, 1.807) is 0 Å². The molecule has 0 atom stereocenters. The molecule has 3 heteroatoms. The van der Waals surface area contributed by atoms with Gasteiger partial charge in [0, 0.05) is 49.4 Å². The molecule has 0 aliphatic rings. The smallest absolute Gasteiger partial charge is 0.143 e. The molecule has 0 radical (unpaired) electrons. The minimum Gasteiger partial charge on any atom is -0.455 e. The number of hydrogen-bond donors (Lipinski definition) is 0. The summed E-state index contributed by atoms with van der Waals surface area (Å²) in [5.74, 6) is 0. The van der Waals surface area contributed by atoms with E-state index in [2.05, 4.69) is 266 Å². The Morgan fingerprint density at radius 2 is 0.549 bits per heavy atom. The van der Waals surface area contributed by atoms with Crippen molar-refractivity contribution in [3.63, 3.8) is 0 Å². The van der Waals surface area contributed by atoms with Gasteiger partial charge in [-0.15, -0.1) is 0 Å². The van der Waals surface area contributed by atoms with Crippen LogP contribution in [0.1, 0.15) is 0 Å². The number of benzene rings is 12. The topological polar surface area (TPSA) is 29.5 Å². The van der Waals surface area contributed by atoms with E-state index in [1.165, 1.54) is 33.0 Å². The van der Waals surface area contributed by atoms with E-state index in [1.807, 2.05) is 0 Å². The second-order valence-corrected chi connectivity index (χ2v) is 18.5. The van der Waals surface area contributed by atoms with Crippen molar-refractivity contribution >= 4 is 82.5 Å². The van der Waals surface area contributed by atoms with E-state index < -0.39 is 0 Å². The first kappa shape index (κ1) is 40.6. The fraction of sp³-hybridized carbons (Fsp3) is 0. The minimum atomic E-state index is 0.880. The number of hydrogen-bond acceptors (Lipinski definition) is 3. The number of furan rings is 2. The summed E-state index contributed by atoms with van der Waals surface area (Å²) >= 11 is 0. The lowest BCUT2D eigenvalue weighted by Crippen LogP contribution is -2.09. The number of anilines is 3. The van der Waals surface area contributed by atoms with Gasteiger partial charge in [0.2, 0.25) is 0 Å². The molecule has 14 aromatic rings. The summed E-state index contributed by atoms with van der Waals surface area (Å²) in [6.45, 7) is 0. The molecule has 332 valence electrons. The largest absolute Gasteiger partial charge is 0.455 e. The Bertz CT molecular complexity index is 4050. The first-order chi connectivity index (χ1) is 35.1.